The summed E-state index contributed by atoms with van der Waals surface area (Å²) in [5.74, 6) is 0. The highest BCUT2D eigenvalue weighted by molar-refractivity contribution is 7.07. The molecule has 0 aromatic rings. The molecule has 0 N–H and O–H groups in total. The van der Waals surface area contributed by atoms with Gasteiger partial charge in [-0.1, -0.05) is 0 Å². The normalized spacial score (nSPS) is 9.92. The molecule has 4 heteroatoms. The first-order valence-corrected chi connectivity index (χ1v) is 17.5. The summed E-state index contributed by atoms with van der Waals surface area (Å²) in [7, 11) is -10.3. The average molecular weight is 395 g/mol. The zero-order valence-corrected chi connectivity index (χ0v) is 19.5. The van der Waals surface area contributed by atoms with Gasteiger partial charge in [-0.15, -0.1) is 105 Å². The summed E-state index contributed by atoms with van der Waals surface area (Å²) in [5.41, 5.74) is 34.5. The SMILES string of the molecule is C#C[Si](C)(C#C)C#C[Si](C)(C#C[Si](C)(C#C)C#C)C#C[Si](C)(C#C)C#C. The molecule has 0 nitrogen and oxygen atoms in total. The van der Waals surface area contributed by atoms with Gasteiger partial charge in [0.1, 0.15) is 0 Å². The first-order chi connectivity index (χ1) is 12.0. The Kier molecular flexibility index (Phi) is 7.79. The summed E-state index contributed by atoms with van der Waals surface area (Å²) in [6.07, 6.45) is 33.2. The van der Waals surface area contributed by atoms with Crippen molar-refractivity contribution in [2.24, 2.45) is 0 Å². The van der Waals surface area contributed by atoms with E-state index in [1.807, 2.05) is 26.2 Å². The van der Waals surface area contributed by atoms with Crippen molar-refractivity contribution in [1.82, 2.24) is 0 Å². The maximum atomic E-state index is 5.54. The zero-order valence-electron chi connectivity index (χ0n) is 15.5. The zero-order chi connectivity index (χ0) is 20.5. The molecule has 0 atom stereocenters. The van der Waals surface area contributed by atoms with Gasteiger partial charge >= 0.3 is 0 Å². The van der Waals surface area contributed by atoms with Crippen LogP contribution in [0.2, 0.25) is 26.2 Å². The molecule has 0 aliphatic heterocycles. The molecule has 0 aromatic heterocycles. The van der Waals surface area contributed by atoms with E-state index in [0.29, 0.717) is 0 Å². The molecule has 0 aliphatic rings. The largest absolute Gasteiger partial charge is 0.286 e. The van der Waals surface area contributed by atoms with Crippen LogP contribution in [0, 0.1) is 105 Å². The Hall–Kier alpha value is -3.09. The van der Waals surface area contributed by atoms with E-state index in [1.165, 1.54) is 0 Å². The van der Waals surface area contributed by atoms with Gasteiger partial charge in [0, 0.05) is 0 Å². The highest BCUT2D eigenvalue weighted by atomic mass is 28.3. The first kappa shape index (κ1) is 22.9. The summed E-state index contributed by atoms with van der Waals surface area (Å²) < 4.78 is 0. The van der Waals surface area contributed by atoms with Crippen LogP contribution in [0.25, 0.3) is 0 Å². The molecule has 0 radical (unpaired) electrons. The van der Waals surface area contributed by atoms with Crippen LogP contribution in [-0.4, -0.2) is 32.3 Å². The third kappa shape index (κ3) is 6.43. The molecule has 0 bridgehead atoms. The van der Waals surface area contributed by atoms with Gasteiger partial charge in [-0.25, -0.2) is 0 Å². The molecule has 0 unspecified atom stereocenters. The summed E-state index contributed by atoms with van der Waals surface area (Å²) >= 11 is 0. The molecule has 0 heterocycles. The van der Waals surface area contributed by atoms with Crippen molar-refractivity contribution in [3.05, 3.63) is 0 Å². The average Bonchev–Trinajstić information content (AvgIpc) is 2.68. The van der Waals surface area contributed by atoms with Gasteiger partial charge in [0.2, 0.25) is 0 Å². The summed E-state index contributed by atoms with van der Waals surface area (Å²) in [4.78, 5) is 0. The molecule has 0 aromatic carbocycles. The van der Waals surface area contributed by atoms with Crippen molar-refractivity contribution in [3.8, 4) is 105 Å². The third-order valence-corrected chi connectivity index (χ3v) is 11.4. The van der Waals surface area contributed by atoms with Gasteiger partial charge in [-0.3, -0.25) is 0 Å². The van der Waals surface area contributed by atoms with Crippen molar-refractivity contribution in [2.45, 2.75) is 26.2 Å². The summed E-state index contributed by atoms with van der Waals surface area (Å²) in [6, 6.07) is 0. The Labute approximate surface area is 163 Å². The Bertz CT molecular complexity index is 851. The summed E-state index contributed by atoms with van der Waals surface area (Å²) in [5, 5.41) is 0. The molecule has 0 saturated heterocycles. The monoisotopic (exact) mass is 394 g/mol. The second-order valence-corrected chi connectivity index (χ2v) is 18.3. The van der Waals surface area contributed by atoms with Crippen molar-refractivity contribution in [1.29, 1.82) is 0 Å². The Morgan fingerprint density at radius 1 is 0.346 bits per heavy atom. The van der Waals surface area contributed by atoms with Gasteiger partial charge in [0.05, 0.1) is 0 Å². The molecule has 122 valence electrons. The van der Waals surface area contributed by atoms with Crippen LogP contribution in [0.15, 0.2) is 0 Å². The van der Waals surface area contributed by atoms with Crippen molar-refractivity contribution < 1.29 is 0 Å². The Morgan fingerprint density at radius 3 is 0.654 bits per heavy atom. The number of hydrogen-bond donors (Lipinski definition) is 0. The van der Waals surface area contributed by atoms with E-state index in [4.69, 9.17) is 38.5 Å². The molecule has 0 aliphatic carbocycles. The summed E-state index contributed by atoms with van der Waals surface area (Å²) in [6.45, 7) is 7.35. The van der Waals surface area contributed by atoms with E-state index >= 15 is 0 Å². The fourth-order valence-electron chi connectivity index (χ4n) is 1.19. The molecule has 26 heavy (non-hydrogen) atoms. The van der Waals surface area contributed by atoms with Crippen LogP contribution in [0.5, 0.6) is 0 Å². The van der Waals surface area contributed by atoms with E-state index in [0.717, 1.165) is 0 Å². The lowest BCUT2D eigenvalue weighted by Gasteiger charge is -2.10. The van der Waals surface area contributed by atoms with E-state index in [2.05, 4.69) is 66.5 Å². The predicted octanol–water partition coefficient (Wildman–Crippen LogP) is 1.58. The fraction of sp³-hybridized carbons (Fsp3) is 0.182. The Morgan fingerprint density at radius 2 is 0.500 bits per heavy atom. The highest BCUT2D eigenvalue weighted by Crippen LogP contribution is 2.05. The number of hydrogen-bond acceptors (Lipinski definition) is 0. The smallest absolute Gasteiger partial charge is 0.125 e. The standard InChI is InChI=1S/C22H18Si4/c1-11-23(7,12-2)17-20-26(10,21-18-24(8,13-3)14-4)22-19-25(9,15-5)16-6/h1-6H,7-10H3. The second-order valence-electron chi connectivity index (χ2n) is 6.12. The van der Waals surface area contributed by atoms with Crippen LogP contribution in [0.3, 0.4) is 0 Å². The third-order valence-electron chi connectivity index (χ3n) is 3.42. The number of terminal acetylenes is 6. The van der Waals surface area contributed by atoms with Crippen molar-refractivity contribution in [2.75, 3.05) is 0 Å². The van der Waals surface area contributed by atoms with Crippen LogP contribution < -0.4 is 0 Å². The van der Waals surface area contributed by atoms with E-state index in [1.54, 1.807) is 0 Å². The molecule has 0 amide bonds. The lowest BCUT2D eigenvalue weighted by atomic mass is 11.3. The maximum Gasteiger partial charge on any atom is 0.286 e. The minimum atomic E-state index is -2.73. The van der Waals surface area contributed by atoms with Gasteiger partial charge in [0.15, 0.2) is 0 Å². The Balaban J connectivity index is 6.54. The molecule has 0 fully saturated rings. The maximum absolute atomic E-state index is 5.54. The van der Waals surface area contributed by atoms with Crippen LogP contribution in [-0.2, 0) is 0 Å². The minimum Gasteiger partial charge on any atom is -0.125 e. The topological polar surface area (TPSA) is 0 Å². The van der Waals surface area contributed by atoms with E-state index in [9.17, 15) is 0 Å². The highest BCUT2D eigenvalue weighted by Gasteiger charge is 2.27. The van der Waals surface area contributed by atoms with Gasteiger partial charge in [-0.05, 0) is 26.2 Å². The first-order valence-electron chi connectivity index (χ1n) is 7.48. The van der Waals surface area contributed by atoms with Crippen LogP contribution in [0.1, 0.15) is 0 Å². The van der Waals surface area contributed by atoms with Crippen molar-refractivity contribution >= 4 is 32.3 Å². The lowest BCUT2D eigenvalue weighted by molar-refractivity contribution is 2.05. The molecular weight excluding hydrogens is 377 g/mol. The lowest BCUT2D eigenvalue weighted by Crippen LogP contribution is -2.33. The van der Waals surface area contributed by atoms with Gasteiger partial charge in [0.25, 0.3) is 32.3 Å². The quantitative estimate of drug-likeness (QED) is 0.432. The van der Waals surface area contributed by atoms with Crippen molar-refractivity contribution in [3.63, 3.8) is 0 Å². The van der Waals surface area contributed by atoms with Gasteiger partial charge < -0.3 is 0 Å². The minimum absolute atomic E-state index is 1.82. The number of rotatable bonds is 0. The van der Waals surface area contributed by atoms with Crippen LogP contribution in [0.4, 0.5) is 0 Å². The van der Waals surface area contributed by atoms with Gasteiger partial charge in [-0.2, -0.15) is 0 Å². The molecule has 0 spiro atoms. The molecular formula is C22H18Si4. The van der Waals surface area contributed by atoms with Crippen LogP contribution >= 0.6 is 0 Å². The van der Waals surface area contributed by atoms with E-state index in [-0.39, 0.29) is 0 Å². The predicted molar refractivity (Wildman–Crippen MR) is 123 cm³/mol. The van der Waals surface area contributed by atoms with E-state index < -0.39 is 32.3 Å². The second kappa shape index (κ2) is 8.84. The molecule has 0 rings (SSSR count). The fourth-order valence-corrected chi connectivity index (χ4v) is 8.06. The molecule has 0 saturated carbocycles.